The van der Waals surface area contributed by atoms with Crippen molar-refractivity contribution >= 4 is 45.8 Å². The number of phenolic OH excluding ortho intramolecular Hbond substituents is 1. The van der Waals surface area contributed by atoms with Crippen LogP contribution in [0.3, 0.4) is 0 Å². The summed E-state index contributed by atoms with van der Waals surface area (Å²) in [6, 6.07) is 6.23. The van der Waals surface area contributed by atoms with Crippen LogP contribution in [-0.2, 0) is 9.59 Å². The van der Waals surface area contributed by atoms with E-state index in [-0.39, 0.29) is 70.2 Å². The van der Waals surface area contributed by atoms with E-state index in [1.165, 1.54) is 33.7 Å². The van der Waals surface area contributed by atoms with E-state index in [1.54, 1.807) is 30.3 Å². The minimum Gasteiger partial charge on any atom is -0.507 e. The fourth-order valence-corrected chi connectivity index (χ4v) is 6.92. The van der Waals surface area contributed by atoms with Crippen LogP contribution in [-0.4, -0.2) is 68.6 Å². The Bertz CT molecular complexity index is 1990. The lowest BCUT2D eigenvalue weighted by Crippen LogP contribution is -2.66. The van der Waals surface area contributed by atoms with Gasteiger partial charge in [0, 0.05) is 31.2 Å². The monoisotopic (exact) mass is 644 g/mol. The van der Waals surface area contributed by atoms with E-state index in [2.05, 4.69) is 11.6 Å². The summed E-state index contributed by atoms with van der Waals surface area (Å²) in [5, 5.41) is 11.2. The molecule has 0 unspecified atom stereocenters. The van der Waals surface area contributed by atoms with Crippen molar-refractivity contribution in [2.45, 2.75) is 52.1 Å². The summed E-state index contributed by atoms with van der Waals surface area (Å²) in [5.74, 6) is -1.81. The summed E-state index contributed by atoms with van der Waals surface area (Å²) in [4.78, 5) is 56.0. The van der Waals surface area contributed by atoms with Crippen LogP contribution in [0.2, 0.25) is 5.02 Å². The zero-order valence-electron chi connectivity index (χ0n) is 26.2. The second kappa shape index (κ2) is 11.5. The average Bonchev–Trinajstić information content (AvgIpc) is 3.02. The smallest absolute Gasteiger partial charge is 0.283 e. The number of rotatable bonds is 5. The number of halogens is 2. The molecule has 2 aliphatic heterocycles. The number of aryl methyl sites for hydroxylation is 1. The zero-order valence-corrected chi connectivity index (χ0v) is 27.0. The van der Waals surface area contributed by atoms with E-state index in [0.29, 0.717) is 28.9 Å². The molecule has 1 N–H and O–H groups in total. The number of fused-ring (bicyclic) bond motifs is 5. The van der Waals surface area contributed by atoms with E-state index in [1.807, 2.05) is 32.6 Å². The van der Waals surface area contributed by atoms with Crippen molar-refractivity contribution in [2.75, 3.05) is 29.9 Å². The Kier molecular flexibility index (Phi) is 7.84. The first kappa shape index (κ1) is 31.2. The van der Waals surface area contributed by atoms with Crippen LogP contribution >= 0.6 is 11.6 Å². The van der Waals surface area contributed by atoms with Gasteiger partial charge in [-0.2, -0.15) is 0 Å². The highest BCUT2D eigenvalue weighted by Gasteiger charge is 2.46. The molecule has 1 aromatic carbocycles. The third kappa shape index (κ3) is 4.63. The molecule has 2 aliphatic rings. The fraction of sp³-hybridized carbons (Fsp3) is 0.324. The number of anilines is 2. The van der Waals surface area contributed by atoms with E-state index >= 15 is 4.39 Å². The third-order valence-corrected chi connectivity index (χ3v) is 9.26. The molecule has 0 aliphatic carbocycles. The first-order chi connectivity index (χ1) is 21.9. The number of carbonyl (C=O) groups is 2. The molecule has 0 saturated carbocycles. The Morgan fingerprint density at radius 3 is 2.59 bits per heavy atom. The van der Waals surface area contributed by atoms with E-state index < -0.39 is 17.4 Å². The molecule has 2 atom stereocenters. The number of nitrogens with zero attached hydrogens (tertiary/aromatic N) is 6. The average molecular weight is 645 g/mol. The maximum atomic E-state index is 15.2. The molecule has 0 bridgehead atoms. The van der Waals surface area contributed by atoms with Crippen molar-refractivity contribution in [1.82, 2.24) is 19.4 Å². The van der Waals surface area contributed by atoms with Crippen molar-refractivity contribution in [2.24, 2.45) is 0 Å². The van der Waals surface area contributed by atoms with Gasteiger partial charge in [0.1, 0.15) is 23.3 Å². The summed E-state index contributed by atoms with van der Waals surface area (Å²) < 4.78 is 16.6. The minimum absolute atomic E-state index is 0.0379. The molecule has 2 amide bonds. The van der Waals surface area contributed by atoms with Gasteiger partial charge in [0.05, 0.1) is 39.9 Å². The van der Waals surface area contributed by atoms with Crippen LogP contribution in [0.1, 0.15) is 44.4 Å². The largest absolute Gasteiger partial charge is 0.507 e. The standard InChI is InChI=1S/C34H34ClFN6O4/c1-7-19-15-41-23(16-40(19)25(44)8-2)33(45)39(6)31-30(41)20-14-21(35)28(26-22(36)10-9-11-24(26)43)38-32(20)42(34(31)46)29-18(5)12-13-37-27(29)17(3)4/h8-14,17,19,23,43H,2,7,15-16H2,1,3-6H3/t19-,23-/m1/s1. The number of carbonyl (C=O) groups excluding carboxylic acids is 2. The lowest BCUT2D eigenvalue weighted by atomic mass is 9.96. The van der Waals surface area contributed by atoms with Crippen LogP contribution in [0.15, 0.2) is 54.0 Å². The van der Waals surface area contributed by atoms with Crippen LogP contribution in [0.4, 0.5) is 15.8 Å². The van der Waals surface area contributed by atoms with Gasteiger partial charge in [-0.3, -0.25) is 23.9 Å². The Labute approximate surface area is 270 Å². The molecule has 12 heteroatoms. The number of aromatic nitrogens is 3. The molecule has 0 radical (unpaired) electrons. The number of aromatic hydroxyl groups is 1. The topological polar surface area (TPSA) is 112 Å². The quantitative estimate of drug-likeness (QED) is 0.292. The molecular weight excluding hydrogens is 611 g/mol. The van der Waals surface area contributed by atoms with Crippen molar-refractivity contribution in [3.8, 4) is 22.7 Å². The van der Waals surface area contributed by atoms with Crippen molar-refractivity contribution in [3.63, 3.8) is 0 Å². The van der Waals surface area contributed by atoms with Crippen molar-refractivity contribution in [3.05, 3.63) is 81.6 Å². The van der Waals surface area contributed by atoms with Gasteiger partial charge in [-0.1, -0.05) is 45.0 Å². The maximum Gasteiger partial charge on any atom is 0.283 e. The molecule has 3 aromatic heterocycles. The van der Waals surface area contributed by atoms with Crippen LogP contribution in [0.5, 0.6) is 5.75 Å². The Hall–Kier alpha value is -4.77. The van der Waals surface area contributed by atoms with Gasteiger partial charge in [0.25, 0.3) is 11.5 Å². The fourth-order valence-electron chi connectivity index (χ4n) is 6.68. The summed E-state index contributed by atoms with van der Waals surface area (Å²) in [5.41, 5.74) is 1.81. The lowest BCUT2D eigenvalue weighted by Gasteiger charge is -2.50. The van der Waals surface area contributed by atoms with Gasteiger partial charge in [-0.25, -0.2) is 9.37 Å². The van der Waals surface area contributed by atoms with E-state index in [0.717, 1.165) is 5.56 Å². The highest BCUT2D eigenvalue weighted by Crippen LogP contribution is 2.45. The first-order valence-corrected chi connectivity index (χ1v) is 15.5. The second-order valence-electron chi connectivity index (χ2n) is 12.0. The molecule has 5 heterocycles. The summed E-state index contributed by atoms with van der Waals surface area (Å²) in [6.07, 6.45) is 3.50. The first-order valence-electron chi connectivity index (χ1n) is 15.1. The molecule has 1 fully saturated rings. The van der Waals surface area contributed by atoms with Crippen LogP contribution < -0.4 is 15.4 Å². The van der Waals surface area contributed by atoms with Gasteiger partial charge in [0.15, 0.2) is 5.65 Å². The minimum atomic E-state index is -0.789. The normalized spacial score (nSPS) is 17.8. The van der Waals surface area contributed by atoms with Gasteiger partial charge in [-0.15, -0.1) is 0 Å². The number of phenols is 1. The van der Waals surface area contributed by atoms with E-state index in [4.69, 9.17) is 16.6 Å². The van der Waals surface area contributed by atoms with Gasteiger partial charge < -0.3 is 19.8 Å². The third-order valence-electron chi connectivity index (χ3n) is 8.97. The zero-order chi connectivity index (χ0) is 33.2. The summed E-state index contributed by atoms with van der Waals surface area (Å²) >= 11 is 6.85. The van der Waals surface area contributed by atoms with Crippen LogP contribution in [0, 0.1) is 12.7 Å². The Balaban J connectivity index is 1.76. The number of hydrogen-bond acceptors (Lipinski definition) is 7. The van der Waals surface area contributed by atoms with Crippen molar-refractivity contribution < 1.29 is 19.1 Å². The predicted octanol–water partition coefficient (Wildman–Crippen LogP) is 5.34. The Morgan fingerprint density at radius 2 is 1.93 bits per heavy atom. The molecular formula is C34H34ClFN6O4. The highest BCUT2D eigenvalue weighted by atomic mass is 35.5. The molecule has 4 aromatic rings. The number of pyridine rings is 3. The summed E-state index contributed by atoms with van der Waals surface area (Å²) in [6.45, 7) is 11.7. The SMILES string of the molecule is C=CC(=O)N1C[C@@H]2C(=O)N(C)c3c(c4cc(Cl)c(-c5c(O)cccc5F)nc4n(-c4c(C)ccnc4C(C)C)c3=O)N2C[C@H]1CC. The number of hydrogen-bond donors (Lipinski definition) is 1. The van der Waals surface area contributed by atoms with Crippen molar-refractivity contribution in [1.29, 1.82) is 0 Å². The molecule has 46 heavy (non-hydrogen) atoms. The molecule has 238 valence electrons. The molecule has 1 saturated heterocycles. The number of benzene rings is 1. The number of amides is 2. The highest BCUT2D eigenvalue weighted by molar-refractivity contribution is 6.34. The lowest BCUT2D eigenvalue weighted by molar-refractivity contribution is -0.131. The second-order valence-corrected chi connectivity index (χ2v) is 12.4. The van der Waals surface area contributed by atoms with E-state index in [9.17, 15) is 19.5 Å². The number of piperazine rings is 1. The Morgan fingerprint density at radius 1 is 1.20 bits per heavy atom. The molecule has 10 nitrogen and oxygen atoms in total. The van der Waals surface area contributed by atoms with Gasteiger partial charge in [-0.05, 0) is 55.2 Å². The molecule has 6 rings (SSSR count). The van der Waals surface area contributed by atoms with Gasteiger partial charge >= 0.3 is 0 Å². The summed E-state index contributed by atoms with van der Waals surface area (Å²) in [7, 11) is 1.54. The predicted molar refractivity (Wildman–Crippen MR) is 177 cm³/mol. The maximum absolute atomic E-state index is 15.2. The van der Waals surface area contributed by atoms with Crippen LogP contribution in [0.25, 0.3) is 28.0 Å². The number of likely N-dealkylation sites (N-methyl/N-ethyl adjacent to an activating group) is 1. The molecule has 0 spiro atoms. The van der Waals surface area contributed by atoms with Gasteiger partial charge in [0.2, 0.25) is 5.91 Å².